The van der Waals surface area contributed by atoms with Crippen molar-refractivity contribution in [2.24, 2.45) is 5.92 Å². The number of aliphatic hydroxyl groups excluding tert-OH is 1. The third-order valence-electron chi connectivity index (χ3n) is 2.45. The lowest BCUT2D eigenvalue weighted by atomic mass is 10.1. The van der Waals surface area contributed by atoms with Crippen LogP contribution < -0.4 is 0 Å². The standard InChI is InChI=1S/C12H17NO3/c1-3-9(2)12(15)16-8-11-5-4-10(7-14)6-13-11/h4-6,9,14H,3,7-8H2,1-2H3. The molecule has 1 unspecified atom stereocenters. The summed E-state index contributed by atoms with van der Waals surface area (Å²) in [6, 6.07) is 3.51. The molecule has 1 aromatic rings. The molecular weight excluding hydrogens is 206 g/mol. The van der Waals surface area contributed by atoms with Crippen LogP contribution in [-0.2, 0) is 22.7 Å². The first-order valence-electron chi connectivity index (χ1n) is 5.38. The van der Waals surface area contributed by atoms with Crippen molar-refractivity contribution < 1.29 is 14.6 Å². The minimum Gasteiger partial charge on any atom is -0.459 e. The zero-order chi connectivity index (χ0) is 12.0. The Balaban J connectivity index is 2.45. The second kappa shape index (κ2) is 6.23. The van der Waals surface area contributed by atoms with Crippen LogP contribution in [0.1, 0.15) is 31.5 Å². The molecule has 0 fully saturated rings. The molecule has 0 aromatic carbocycles. The lowest BCUT2D eigenvalue weighted by Gasteiger charge is -2.08. The monoisotopic (exact) mass is 223 g/mol. The number of hydrogen-bond acceptors (Lipinski definition) is 4. The summed E-state index contributed by atoms with van der Waals surface area (Å²) in [6.07, 6.45) is 2.35. The van der Waals surface area contributed by atoms with E-state index in [1.165, 1.54) is 0 Å². The number of carbonyl (C=O) groups is 1. The molecule has 0 amide bonds. The number of nitrogens with zero attached hydrogens (tertiary/aromatic N) is 1. The zero-order valence-corrected chi connectivity index (χ0v) is 9.64. The molecule has 0 aliphatic heterocycles. The first-order valence-corrected chi connectivity index (χ1v) is 5.38. The topological polar surface area (TPSA) is 59.4 Å². The van der Waals surface area contributed by atoms with Crippen molar-refractivity contribution in [2.45, 2.75) is 33.5 Å². The highest BCUT2D eigenvalue weighted by Gasteiger charge is 2.11. The molecular formula is C12H17NO3. The van der Waals surface area contributed by atoms with E-state index in [0.29, 0.717) is 5.69 Å². The summed E-state index contributed by atoms with van der Waals surface area (Å²) >= 11 is 0. The number of aliphatic hydroxyl groups is 1. The van der Waals surface area contributed by atoms with Gasteiger partial charge < -0.3 is 9.84 Å². The molecule has 1 atom stereocenters. The van der Waals surface area contributed by atoms with Gasteiger partial charge in [-0.25, -0.2) is 0 Å². The summed E-state index contributed by atoms with van der Waals surface area (Å²) in [5.74, 6) is -0.271. The average molecular weight is 223 g/mol. The van der Waals surface area contributed by atoms with E-state index in [2.05, 4.69) is 4.98 Å². The molecule has 0 aliphatic rings. The van der Waals surface area contributed by atoms with Crippen molar-refractivity contribution >= 4 is 5.97 Å². The lowest BCUT2D eigenvalue weighted by Crippen LogP contribution is -2.14. The van der Waals surface area contributed by atoms with Crippen molar-refractivity contribution in [3.05, 3.63) is 29.6 Å². The maximum absolute atomic E-state index is 11.4. The van der Waals surface area contributed by atoms with Gasteiger partial charge in [0.05, 0.1) is 18.2 Å². The van der Waals surface area contributed by atoms with Crippen LogP contribution in [0.25, 0.3) is 0 Å². The molecule has 0 radical (unpaired) electrons. The molecule has 4 heteroatoms. The Morgan fingerprint density at radius 1 is 1.56 bits per heavy atom. The molecule has 16 heavy (non-hydrogen) atoms. The molecule has 4 nitrogen and oxygen atoms in total. The fraction of sp³-hybridized carbons (Fsp3) is 0.500. The van der Waals surface area contributed by atoms with Crippen LogP contribution in [0.5, 0.6) is 0 Å². The second-order valence-corrected chi connectivity index (χ2v) is 3.73. The molecule has 0 aliphatic carbocycles. The number of hydrogen-bond donors (Lipinski definition) is 1. The first-order chi connectivity index (χ1) is 7.67. The zero-order valence-electron chi connectivity index (χ0n) is 9.64. The predicted molar refractivity (Wildman–Crippen MR) is 59.4 cm³/mol. The maximum Gasteiger partial charge on any atom is 0.309 e. The van der Waals surface area contributed by atoms with E-state index in [1.54, 1.807) is 18.3 Å². The molecule has 0 saturated heterocycles. The van der Waals surface area contributed by atoms with Crippen LogP contribution in [0.3, 0.4) is 0 Å². The number of esters is 1. The third kappa shape index (κ3) is 3.62. The SMILES string of the molecule is CCC(C)C(=O)OCc1ccc(CO)cn1. The van der Waals surface area contributed by atoms with Gasteiger partial charge in [-0.15, -0.1) is 0 Å². The number of carbonyl (C=O) groups excluding carboxylic acids is 1. The summed E-state index contributed by atoms with van der Waals surface area (Å²) in [5.41, 5.74) is 1.44. The van der Waals surface area contributed by atoms with Crippen molar-refractivity contribution in [1.29, 1.82) is 0 Å². The van der Waals surface area contributed by atoms with Gasteiger partial charge in [0, 0.05) is 6.20 Å². The largest absolute Gasteiger partial charge is 0.459 e. The van der Waals surface area contributed by atoms with E-state index in [0.717, 1.165) is 12.0 Å². The average Bonchev–Trinajstić information content (AvgIpc) is 2.35. The molecule has 0 spiro atoms. The van der Waals surface area contributed by atoms with E-state index in [9.17, 15) is 4.79 Å². The number of pyridine rings is 1. The molecule has 88 valence electrons. The highest BCUT2D eigenvalue weighted by atomic mass is 16.5. The minimum absolute atomic E-state index is 0.0278. The van der Waals surface area contributed by atoms with Crippen LogP contribution in [-0.4, -0.2) is 16.1 Å². The lowest BCUT2D eigenvalue weighted by molar-refractivity contribution is -0.149. The fourth-order valence-corrected chi connectivity index (χ4v) is 1.09. The van der Waals surface area contributed by atoms with E-state index in [4.69, 9.17) is 9.84 Å². The van der Waals surface area contributed by atoms with Crippen molar-refractivity contribution in [1.82, 2.24) is 4.98 Å². The number of aromatic nitrogens is 1. The van der Waals surface area contributed by atoms with E-state index in [1.807, 2.05) is 13.8 Å². The van der Waals surface area contributed by atoms with Crippen LogP contribution in [0.15, 0.2) is 18.3 Å². The molecule has 1 rings (SSSR count). The summed E-state index contributed by atoms with van der Waals surface area (Å²) in [4.78, 5) is 15.4. The third-order valence-corrected chi connectivity index (χ3v) is 2.45. The van der Waals surface area contributed by atoms with E-state index < -0.39 is 0 Å². The summed E-state index contributed by atoms with van der Waals surface area (Å²) in [5, 5.41) is 8.83. The number of ether oxygens (including phenoxy) is 1. The van der Waals surface area contributed by atoms with Gasteiger partial charge in [0.2, 0.25) is 0 Å². The molecule has 0 bridgehead atoms. The van der Waals surface area contributed by atoms with Gasteiger partial charge in [-0.1, -0.05) is 19.9 Å². The Kier molecular flexibility index (Phi) is 4.92. The second-order valence-electron chi connectivity index (χ2n) is 3.73. The van der Waals surface area contributed by atoms with Gasteiger partial charge in [0.15, 0.2) is 0 Å². The Labute approximate surface area is 95.3 Å². The van der Waals surface area contributed by atoms with Crippen LogP contribution in [0.4, 0.5) is 0 Å². The van der Waals surface area contributed by atoms with Gasteiger partial charge in [-0.05, 0) is 18.1 Å². The normalized spacial score (nSPS) is 12.2. The van der Waals surface area contributed by atoms with Gasteiger partial charge in [-0.2, -0.15) is 0 Å². The summed E-state index contributed by atoms with van der Waals surface area (Å²) in [7, 11) is 0. The highest BCUT2D eigenvalue weighted by Crippen LogP contribution is 2.06. The number of rotatable bonds is 5. The molecule has 0 saturated carbocycles. The molecule has 1 heterocycles. The Bertz CT molecular complexity index is 335. The van der Waals surface area contributed by atoms with Crippen molar-refractivity contribution in [3.8, 4) is 0 Å². The van der Waals surface area contributed by atoms with Crippen LogP contribution in [0, 0.1) is 5.92 Å². The highest BCUT2D eigenvalue weighted by molar-refractivity contribution is 5.71. The predicted octanol–water partition coefficient (Wildman–Crippen LogP) is 1.66. The van der Waals surface area contributed by atoms with Crippen LogP contribution in [0.2, 0.25) is 0 Å². The van der Waals surface area contributed by atoms with Gasteiger partial charge in [-0.3, -0.25) is 9.78 Å². The Hall–Kier alpha value is -1.42. The summed E-state index contributed by atoms with van der Waals surface area (Å²) in [6.45, 7) is 3.94. The van der Waals surface area contributed by atoms with E-state index in [-0.39, 0.29) is 25.1 Å². The fourth-order valence-electron chi connectivity index (χ4n) is 1.09. The van der Waals surface area contributed by atoms with Gasteiger partial charge in [0.25, 0.3) is 0 Å². The first kappa shape index (κ1) is 12.6. The van der Waals surface area contributed by atoms with Gasteiger partial charge >= 0.3 is 5.97 Å². The van der Waals surface area contributed by atoms with Gasteiger partial charge in [0.1, 0.15) is 6.61 Å². The van der Waals surface area contributed by atoms with Crippen molar-refractivity contribution in [3.63, 3.8) is 0 Å². The van der Waals surface area contributed by atoms with Crippen molar-refractivity contribution in [2.75, 3.05) is 0 Å². The maximum atomic E-state index is 11.4. The molecule has 1 N–H and O–H groups in total. The Morgan fingerprint density at radius 3 is 2.81 bits per heavy atom. The Morgan fingerprint density at radius 2 is 2.31 bits per heavy atom. The quantitative estimate of drug-likeness (QED) is 0.771. The smallest absolute Gasteiger partial charge is 0.309 e. The minimum atomic E-state index is -0.199. The van der Waals surface area contributed by atoms with Crippen LogP contribution >= 0.6 is 0 Å². The summed E-state index contributed by atoms with van der Waals surface area (Å²) < 4.78 is 5.09. The van der Waals surface area contributed by atoms with E-state index >= 15 is 0 Å². The molecule has 1 aromatic heterocycles.